The predicted octanol–water partition coefficient (Wildman–Crippen LogP) is 3.61. The maximum atomic E-state index is 11.8. The van der Waals surface area contributed by atoms with Crippen LogP contribution in [-0.4, -0.2) is 35.0 Å². The van der Waals surface area contributed by atoms with Crippen LogP contribution in [0.3, 0.4) is 0 Å². The number of carboxylic acids is 1. The summed E-state index contributed by atoms with van der Waals surface area (Å²) in [6.45, 7) is 0.815. The third-order valence-electron chi connectivity index (χ3n) is 4.22. The van der Waals surface area contributed by atoms with Gasteiger partial charge in [0.1, 0.15) is 11.5 Å². The molecule has 0 spiro atoms. The third-order valence-corrected chi connectivity index (χ3v) is 4.53. The van der Waals surface area contributed by atoms with Crippen LogP contribution < -0.4 is 4.74 Å². The van der Waals surface area contributed by atoms with Crippen molar-refractivity contribution in [3.05, 3.63) is 59.1 Å². The molecule has 0 radical (unpaired) electrons. The third kappa shape index (κ3) is 4.31. The zero-order valence-corrected chi connectivity index (χ0v) is 14.3. The number of carbonyl (C=O) groups excluding carboxylic acids is 1. The molecule has 1 unspecified atom stereocenters. The number of hydrogen-bond donors (Lipinski definition) is 1. The van der Waals surface area contributed by atoms with E-state index in [0.29, 0.717) is 36.0 Å². The van der Waals surface area contributed by atoms with Crippen molar-refractivity contribution in [2.45, 2.75) is 12.8 Å². The average Bonchev–Trinajstić information content (AvgIpc) is 2.98. The molecule has 2 aromatic carbocycles. The van der Waals surface area contributed by atoms with Crippen molar-refractivity contribution in [1.82, 2.24) is 4.90 Å². The number of carbonyl (C=O) groups is 2. The minimum atomic E-state index is -0.906. The summed E-state index contributed by atoms with van der Waals surface area (Å²) in [7, 11) is 0. The van der Waals surface area contributed by atoms with E-state index in [1.54, 1.807) is 17.0 Å². The van der Waals surface area contributed by atoms with Crippen molar-refractivity contribution < 1.29 is 19.4 Å². The lowest BCUT2D eigenvalue weighted by atomic mass is 10.1. The Labute approximate surface area is 150 Å². The van der Waals surface area contributed by atoms with E-state index in [9.17, 15) is 9.59 Å². The lowest BCUT2D eigenvalue weighted by molar-refractivity contribution is -0.141. The summed E-state index contributed by atoms with van der Waals surface area (Å²) in [5.74, 6) is -0.304. The van der Waals surface area contributed by atoms with E-state index in [1.165, 1.54) is 0 Å². The van der Waals surface area contributed by atoms with Gasteiger partial charge in [-0.05, 0) is 36.2 Å². The normalized spacial score (nSPS) is 16.9. The van der Waals surface area contributed by atoms with Crippen LogP contribution in [0.1, 0.15) is 12.0 Å². The van der Waals surface area contributed by atoms with Crippen molar-refractivity contribution in [2.75, 3.05) is 13.1 Å². The minimum Gasteiger partial charge on any atom is -0.481 e. The van der Waals surface area contributed by atoms with Gasteiger partial charge < -0.3 is 14.7 Å². The number of nitrogens with zero attached hydrogens (tertiary/aromatic N) is 1. The van der Waals surface area contributed by atoms with E-state index in [2.05, 4.69) is 0 Å². The van der Waals surface area contributed by atoms with Crippen LogP contribution in [-0.2, 0) is 16.0 Å². The molecule has 3 rings (SSSR count). The highest BCUT2D eigenvalue weighted by Crippen LogP contribution is 2.29. The monoisotopic (exact) mass is 359 g/mol. The summed E-state index contributed by atoms with van der Waals surface area (Å²) in [4.78, 5) is 24.4. The second kappa shape index (κ2) is 7.57. The van der Waals surface area contributed by atoms with Crippen LogP contribution in [0, 0.1) is 5.92 Å². The molecule has 1 aliphatic heterocycles. The van der Waals surface area contributed by atoms with Crippen LogP contribution in [0.5, 0.6) is 11.5 Å². The maximum absolute atomic E-state index is 11.8. The molecular weight excluding hydrogens is 342 g/mol. The number of aliphatic carboxylic acids is 1. The summed E-state index contributed by atoms with van der Waals surface area (Å²) < 4.78 is 5.74. The summed E-state index contributed by atoms with van der Waals surface area (Å²) >= 11 is 6.07. The van der Waals surface area contributed by atoms with Gasteiger partial charge in [0, 0.05) is 19.5 Å². The van der Waals surface area contributed by atoms with E-state index in [-0.39, 0.29) is 12.3 Å². The molecule has 6 heteroatoms. The van der Waals surface area contributed by atoms with Crippen LogP contribution >= 0.6 is 11.6 Å². The van der Waals surface area contributed by atoms with Gasteiger partial charge in [-0.2, -0.15) is 0 Å². The van der Waals surface area contributed by atoms with Crippen molar-refractivity contribution in [1.29, 1.82) is 0 Å². The quantitative estimate of drug-likeness (QED) is 0.855. The van der Waals surface area contributed by atoms with Gasteiger partial charge in [0.2, 0.25) is 5.91 Å². The SMILES string of the molecule is O=C(O)C1CC(=O)N(CCc2ccc(Oc3ccccc3Cl)cc2)C1. The molecule has 0 aliphatic carbocycles. The summed E-state index contributed by atoms with van der Waals surface area (Å²) in [5, 5.41) is 9.55. The fourth-order valence-electron chi connectivity index (χ4n) is 2.80. The lowest BCUT2D eigenvalue weighted by Crippen LogP contribution is -2.28. The van der Waals surface area contributed by atoms with E-state index < -0.39 is 11.9 Å². The van der Waals surface area contributed by atoms with Gasteiger partial charge in [-0.25, -0.2) is 0 Å². The van der Waals surface area contributed by atoms with E-state index in [1.807, 2.05) is 36.4 Å². The number of amides is 1. The number of halogens is 1. The molecule has 1 atom stereocenters. The van der Waals surface area contributed by atoms with E-state index in [0.717, 1.165) is 5.56 Å². The second-order valence-corrected chi connectivity index (χ2v) is 6.41. The Balaban J connectivity index is 1.55. The molecule has 130 valence electrons. The molecule has 1 saturated heterocycles. The summed E-state index contributed by atoms with van der Waals surface area (Å²) in [5.41, 5.74) is 1.05. The molecule has 0 bridgehead atoms. The molecule has 0 saturated carbocycles. The van der Waals surface area contributed by atoms with E-state index in [4.69, 9.17) is 21.4 Å². The van der Waals surface area contributed by atoms with Crippen molar-refractivity contribution >= 4 is 23.5 Å². The number of benzene rings is 2. The van der Waals surface area contributed by atoms with Crippen molar-refractivity contribution in [3.63, 3.8) is 0 Å². The van der Waals surface area contributed by atoms with Gasteiger partial charge >= 0.3 is 5.97 Å². The fourth-order valence-corrected chi connectivity index (χ4v) is 2.97. The highest BCUT2D eigenvalue weighted by atomic mass is 35.5. The lowest BCUT2D eigenvalue weighted by Gasteiger charge is -2.16. The van der Waals surface area contributed by atoms with Crippen LogP contribution in [0.15, 0.2) is 48.5 Å². The summed E-state index contributed by atoms with van der Waals surface area (Å²) in [6.07, 6.45) is 0.768. The number of carboxylic acid groups (broad SMARTS) is 1. The van der Waals surface area contributed by atoms with Gasteiger partial charge in [0.15, 0.2) is 0 Å². The molecule has 1 fully saturated rings. The molecule has 25 heavy (non-hydrogen) atoms. The number of hydrogen-bond acceptors (Lipinski definition) is 3. The molecule has 1 N–H and O–H groups in total. The molecule has 0 aromatic heterocycles. The van der Waals surface area contributed by atoms with Gasteiger partial charge in [-0.1, -0.05) is 35.9 Å². The Hall–Kier alpha value is -2.53. The molecule has 1 aliphatic rings. The zero-order valence-electron chi connectivity index (χ0n) is 13.5. The number of para-hydroxylation sites is 1. The molecular formula is C19H18ClNO4. The fraction of sp³-hybridized carbons (Fsp3) is 0.263. The van der Waals surface area contributed by atoms with Gasteiger partial charge in [-0.3, -0.25) is 9.59 Å². The molecule has 1 heterocycles. The Kier molecular flexibility index (Phi) is 5.24. The number of likely N-dealkylation sites (tertiary alicyclic amines) is 1. The first-order chi connectivity index (χ1) is 12.0. The topological polar surface area (TPSA) is 66.8 Å². The number of ether oxygens (including phenoxy) is 1. The zero-order chi connectivity index (χ0) is 17.8. The Morgan fingerprint density at radius 3 is 2.56 bits per heavy atom. The Morgan fingerprint density at radius 1 is 1.20 bits per heavy atom. The van der Waals surface area contributed by atoms with Crippen molar-refractivity contribution in [3.8, 4) is 11.5 Å². The standard InChI is InChI=1S/C19H18ClNO4/c20-16-3-1-2-4-17(16)25-15-7-5-13(6-8-15)9-10-21-12-14(19(23)24)11-18(21)22/h1-8,14H,9-12H2,(H,23,24). The van der Waals surface area contributed by atoms with Gasteiger partial charge in [-0.15, -0.1) is 0 Å². The number of rotatable bonds is 6. The molecule has 5 nitrogen and oxygen atoms in total. The molecule has 1 amide bonds. The molecule has 2 aromatic rings. The van der Waals surface area contributed by atoms with Crippen LogP contribution in [0.2, 0.25) is 5.02 Å². The largest absolute Gasteiger partial charge is 0.481 e. The summed E-state index contributed by atoms with van der Waals surface area (Å²) in [6, 6.07) is 14.8. The first-order valence-electron chi connectivity index (χ1n) is 8.05. The second-order valence-electron chi connectivity index (χ2n) is 6.01. The first kappa shape index (κ1) is 17.3. The van der Waals surface area contributed by atoms with Crippen LogP contribution in [0.4, 0.5) is 0 Å². The minimum absolute atomic E-state index is 0.0916. The van der Waals surface area contributed by atoms with Crippen LogP contribution in [0.25, 0.3) is 0 Å². The highest BCUT2D eigenvalue weighted by Gasteiger charge is 2.33. The van der Waals surface area contributed by atoms with E-state index >= 15 is 0 Å². The first-order valence-corrected chi connectivity index (χ1v) is 8.42. The predicted molar refractivity (Wildman–Crippen MR) is 94.0 cm³/mol. The Morgan fingerprint density at radius 2 is 1.92 bits per heavy atom. The smallest absolute Gasteiger partial charge is 0.308 e. The Bertz CT molecular complexity index is 775. The maximum Gasteiger partial charge on any atom is 0.308 e. The van der Waals surface area contributed by atoms with Gasteiger partial charge in [0.05, 0.1) is 10.9 Å². The average molecular weight is 360 g/mol. The highest BCUT2D eigenvalue weighted by molar-refractivity contribution is 6.32. The van der Waals surface area contributed by atoms with Crippen molar-refractivity contribution in [2.24, 2.45) is 5.92 Å². The van der Waals surface area contributed by atoms with Gasteiger partial charge in [0.25, 0.3) is 0 Å².